The molecule has 98 valence electrons. The van der Waals surface area contributed by atoms with Crippen molar-refractivity contribution in [3.63, 3.8) is 0 Å². The van der Waals surface area contributed by atoms with E-state index in [0.717, 1.165) is 26.1 Å². The fourth-order valence-corrected chi connectivity index (χ4v) is 2.57. The number of rotatable bonds is 5. The molecule has 2 rings (SSSR count). The summed E-state index contributed by atoms with van der Waals surface area (Å²) in [4.78, 5) is 14.1. The lowest BCUT2D eigenvalue weighted by molar-refractivity contribution is -0.129. The number of carbonyl (C=O) groups excluding carboxylic acids is 1. The molecule has 0 aliphatic carbocycles. The summed E-state index contributed by atoms with van der Waals surface area (Å²) in [7, 11) is 0. The van der Waals surface area contributed by atoms with E-state index >= 15 is 0 Å². The topological polar surface area (TPSA) is 32.3 Å². The average molecular weight is 246 g/mol. The van der Waals surface area contributed by atoms with Gasteiger partial charge in [0.05, 0.1) is 6.04 Å². The van der Waals surface area contributed by atoms with Gasteiger partial charge < -0.3 is 10.2 Å². The second-order valence-electron chi connectivity index (χ2n) is 4.99. The van der Waals surface area contributed by atoms with Gasteiger partial charge in [-0.2, -0.15) is 0 Å². The highest BCUT2D eigenvalue weighted by atomic mass is 16.2. The van der Waals surface area contributed by atoms with Crippen LogP contribution in [0.5, 0.6) is 0 Å². The minimum absolute atomic E-state index is 0.0398. The van der Waals surface area contributed by atoms with Crippen LogP contribution in [0.15, 0.2) is 30.3 Å². The molecular formula is C15H22N2O. The highest BCUT2D eigenvalue weighted by Gasteiger charge is 2.31. The van der Waals surface area contributed by atoms with E-state index in [0.29, 0.717) is 5.92 Å². The Morgan fingerprint density at radius 3 is 2.78 bits per heavy atom. The molecule has 0 saturated carbocycles. The lowest BCUT2D eigenvalue weighted by Crippen LogP contribution is -2.39. The van der Waals surface area contributed by atoms with Crippen molar-refractivity contribution in [2.45, 2.75) is 32.2 Å². The molecule has 0 bridgehead atoms. The molecule has 1 aliphatic rings. The van der Waals surface area contributed by atoms with Crippen LogP contribution >= 0.6 is 0 Å². The Bertz CT molecular complexity index is 391. The van der Waals surface area contributed by atoms with Gasteiger partial charge in [0, 0.05) is 13.1 Å². The zero-order valence-corrected chi connectivity index (χ0v) is 11.2. The van der Waals surface area contributed by atoms with Gasteiger partial charge in [0.25, 0.3) is 0 Å². The van der Waals surface area contributed by atoms with E-state index in [1.165, 1.54) is 5.56 Å². The van der Waals surface area contributed by atoms with E-state index in [2.05, 4.69) is 36.5 Å². The Morgan fingerprint density at radius 2 is 2.11 bits per heavy atom. The minimum Gasteiger partial charge on any atom is -0.341 e. The van der Waals surface area contributed by atoms with Gasteiger partial charge in [-0.05, 0) is 24.4 Å². The van der Waals surface area contributed by atoms with Crippen LogP contribution in [0, 0.1) is 0 Å². The molecule has 2 unspecified atom stereocenters. The molecule has 2 atom stereocenters. The SMILES string of the molecule is CCNC1CCN(CC(C)c2ccccc2)C1=O. The zero-order valence-electron chi connectivity index (χ0n) is 11.2. The number of nitrogens with zero attached hydrogens (tertiary/aromatic N) is 1. The Balaban J connectivity index is 1.93. The minimum atomic E-state index is 0.0398. The first-order valence-corrected chi connectivity index (χ1v) is 6.79. The summed E-state index contributed by atoms with van der Waals surface area (Å²) in [6.45, 7) is 6.79. The lowest BCUT2D eigenvalue weighted by atomic mass is 10.0. The van der Waals surface area contributed by atoms with Crippen molar-refractivity contribution in [1.82, 2.24) is 10.2 Å². The maximum absolute atomic E-state index is 12.1. The molecule has 1 amide bonds. The number of hydrogen-bond acceptors (Lipinski definition) is 2. The van der Waals surface area contributed by atoms with E-state index in [1.54, 1.807) is 0 Å². The maximum atomic E-state index is 12.1. The maximum Gasteiger partial charge on any atom is 0.239 e. The van der Waals surface area contributed by atoms with Crippen LogP contribution < -0.4 is 5.32 Å². The first-order chi connectivity index (χ1) is 8.72. The van der Waals surface area contributed by atoms with Crippen molar-refractivity contribution >= 4 is 5.91 Å². The smallest absolute Gasteiger partial charge is 0.239 e. The quantitative estimate of drug-likeness (QED) is 0.862. The molecule has 3 heteroatoms. The van der Waals surface area contributed by atoms with Crippen LogP contribution in [0.3, 0.4) is 0 Å². The van der Waals surface area contributed by atoms with E-state index in [-0.39, 0.29) is 11.9 Å². The molecule has 1 aromatic carbocycles. The van der Waals surface area contributed by atoms with Crippen molar-refractivity contribution in [3.05, 3.63) is 35.9 Å². The first kappa shape index (κ1) is 13.1. The third kappa shape index (κ3) is 2.91. The highest BCUT2D eigenvalue weighted by molar-refractivity contribution is 5.84. The van der Waals surface area contributed by atoms with Crippen molar-refractivity contribution < 1.29 is 4.79 Å². The molecule has 1 aromatic rings. The fraction of sp³-hybridized carbons (Fsp3) is 0.533. The van der Waals surface area contributed by atoms with E-state index in [4.69, 9.17) is 0 Å². The first-order valence-electron chi connectivity index (χ1n) is 6.79. The van der Waals surface area contributed by atoms with Crippen LogP contribution in [0.4, 0.5) is 0 Å². The second kappa shape index (κ2) is 6.01. The molecule has 1 heterocycles. The van der Waals surface area contributed by atoms with E-state index in [9.17, 15) is 4.79 Å². The van der Waals surface area contributed by atoms with Gasteiger partial charge in [-0.1, -0.05) is 44.2 Å². The Morgan fingerprint density at radius 1 is 1.39 bits per heavy atom. The van der Waals surface area contributed by atoms with Gasteiger partial charge >= 0.3 is 0 Å². The predicted octanol–water partition coefficient (Wildman–Crippen LogP) is 2.00. The Kier molecular flexibility index (Phi) is 4.37. The molecule has 1 aliphatic heterocycles. The molecule has 0 spiro atoms. The number of carbonyl (C=O) groups is 1. The third-order valence-electron chi connectivity index (χ3n) is 3.61. The summed E-state index contributed by atoms with van der Waals surface area (Å²) in [6.07, 6.45) is 0.939. The van der Waals surface area contributed by atoms with E-state index < -0.39 is 0 Å². The van der Waals surface area contributed by atoms with Crippen molar-refractivity contribution in [1.29, 1.82) is 0 Å². The number of likely N-dealkylation sites (N-methyl/N-ethyl adjacent to an activating group) is 1. The van der Waals surface area contributed by atoms with Crippen LogP contribution in [0.2, 0.25) is 0 Å². The number of nitrogens with one attached hydrogen (secondary N) is 1. The van der Waals surface area contributed by atoms with Gasteiger partial charge in [0.15, 0.2) is 0 Å². The van der Waals surface area contributed by atoms with Gasteiger partial charge in [0.1, 0.15) is 0 Å². The summed E-state index contributed by atoms with van der Waals surface area (Å²) in [5.41, 5.74) is 1.30. The molecule has 0 radical (unpaired) electrons. The number of amides is 1. The molecule has 3 nitrogen and oxygen atoms in total. The summed E-state index contributed by atoms with van der Waals surface area (Å²) in [5, 5.41) is 3.25. The Labute approximate surface area is 109 Å². The van der Waals surface area contributed by atoms with Crippen LogP contribution in [-0.4, -0.2) is 36.5 Å². The zero-order chi connectivity index (χ0) is 13.0. The van der Waals surface area contributed by atoms with Gasteiger partial charge in [-0.15, -0.1) is 0 Å². The van der Waals surface area contributed by atoms with E-state index in [1.807, 2.05) is 17.9 Å². The van der Waals surface area contributed by atoms with Crippen LogP contribution in [-0.2, 0) is 4.79 Å². The number of benzene rings is 1. The molecule has 1 fully saturated rings. The van der Waals surface area contributed by atoms with Gasteiger partial charge in [-0.3, -0.25) is 4.79 Å². The summed E-state index contributed by atoms with van der Waals surface area (Å²) in [6, 6.07) is 10.4. The molecule has 1 N–H and O–H groups in total. The third-order valence-corrected chi connectivity index (χ3v) is 3.61. The second-order valence-corrected chi connectivity index (χ2v) is 4.99. The summed E-state index contributed by atoms with van der Waals surface area (Å²) >= 11 is 0. The molecule has 0 aromatic heterocycles. The lowest BCUT2D eigenvalue weighted by Gasteiger charge is -2.21. The summed E-state index contributed by atoms with van der Waals surface area (Å²) in [5.74, 6) is 0.662. The fourth-order valence-electron chi connectivity index (χ4n) is 2.57. The van der Waals surface area contributed by atoms with Crippen LogP contribution in [0.25, 0.3) is 0 Å². The van der Waals surface area contributed by atoms with Gasteiger partial charge in [-0.25, -0.2) is 0 Å². The predicted molar refractivity (Wildman–Crippen MR) is 73.5 cm³/mol. The Hall–Kier alpha value is -1.35. The molecule has 18 heavy (non-hydrogen) atoms. The number of hydrogen-bond donors (Lipinski definition) is 1. The monoisotopic (exact) mass is 246 g/mol. The normalized spacial score (nSPS) is 21.3. The van der Waals surface area contributed by atoms with Crippen molar-refractivity contribution in [3.8, 4) is 0 Å². The van der Waals surface area contributed by atoms with Crippen LogP contribution in [0.1, 0.15) is 31.7 Å². The van der Waals surface area contributed by atoms with Crippen molar-refractivity contribution in [2.24, 2.45) is 0 Å². The molecule has 1 saturated heterocycles. The highest BCUT2D eigenvalue weighted by Crippen LogP contribution is 2.19. The summed E-state index contributed by atoms with van der Waals surface area (Å²) < 4.78 is 0. The number of likely N-dealkylation sites (tertiary alicyclic amines) is 1. The molecular weight excluding hydrogens is 224 g/mol. The largest absolute Gasteiger partial charge is 0.341 e. The average Bonchev–Trinajstić information content (AvgIpc) is 2.73. The van der Waals surface area contributed by atoms with Gasteiger partial charge in [0.2, 0.25) is 5.91 Å². The standard InChI is InChI=1S/C15H22N2O/c1-3-16-14-9-10-17(15(14)18)11-12(2)13-7-5-4-6-8-13/h4-8,12,14,16H,3,9-11H2,1-2H3. The van der Waals surface area contributed by atoms with Crippen molar-refractivity contribution in [2.75, 3.05) is 19.6 Å².